The average Bonchev–Trinajstić information content (AvgIpc) is 3.11. The van der Waals surface area contributed by atoms with Gasteiger partial charge in [0.25, 0.3) is 5.91 Å². The van der Waals surface area contributed by atoms with Gasteiger partial charge in [-0.25, -0.2) is 8.42 Å². The molecule has 8 heteroatoms. The van der Waals surface area contributed by atoms with Gasteiger partial charge >= 0.3 is 0 Å². The molecule has 3 rings (SSSR count). The van der Waals surface area contributed by atoms with Crippen molar-refractivity contribution in [3.05, 3.63) is 52.8 Å². The van der Waals surface area contributed by atoms with Crippen molar-refractivity contribution in [1.82, 2.24) is 14.2 Å². The Labute approximate surface area is 146 Å². The Morgan fingerprint density at radius 2 is 1.88 bits per heavy atom. The summed E-state index contributed by atoms with van der Waals surface area (Å²) < 4.78 is 26.8. The van der Waals surface area contributed by atoms with Gasteiger partial charge in [0.15, 0.2) is 0 Å². The summed E-state index contributed by atoms with van der Waals surface area (Å²) in [5, 5.41) is 0.427. The van der Waals surface area contributed by atoms with E-state index in [4.69, 9.17) is 11.6 Å². The van der Waals surface area contributed by atoms with E-state index in [2.05, 4.69) is 4.98 Å². The number of halogens is 1. The molecule has 1 amide bonds. The van der Waals surface area contributed by atoms with Crippen LogP contribution in [0.3, 0.4) is 0 Å². The minimum Gasteiger partial charge on any atom is -0.357 e. The number of hydrogen-bond donors (Lipinski definition) is 1. The fourth-order valence-corrected chi connectivity index (χ4v) is 4.34. The van der Waals surface area contributed by atoms with Crippen LogP contribution in [0.2, 0.25) is 5.02 Å². The molecule has 0 unspecified atom stereocenters. The van der Waals surface area contributed by atoms with Crippen LogP contribution in [0, 0.1) is 6.92 Å². The van der Waals surface area contributed by atoms with Crippen LogP contribution in [-0.4, -0.2) is 54.7 Å². The Morgan fingerprint density at radius 3 is 2.46 bits per heavy atom. The van der Waals surface area contributed by atoms with Crippen molar-refractivity contribution in [2.45, 2.75) is 11.8 Å². The molecule has 1 aromatic heterocycles. The molecule has 1 N–H and O–H groups in total. The maximum Gasteiger partial charge on any atom is 0.270 e. The van der Waals surface area contributed by atoms with E-state index in [1.165, 1.54) is 10.4 Å². The highest BCUT2D eigenvalue weighted by Crippen LogP contribution is 2.23. The summed E-state index contributed by atoms with van der Waals surface area (Å²) in [4.78, 5) is 17.0. The molecule has 24 heavy (non-hydrogen) atoms. The number of nitrogens with zero attached hydrogens (tertiary/aromatic N) is 2. The standard InChI is InChI=1S/C16H18ClN3O3S/c1-12-4-5-13(11-14(12)17)24(22,23)20-9-7-19(8-10-20)16(21)15-3-2-6-18-15/h2-6,11,18H,7-10H2,1H3. The zero-order chi connectivity index (χ0) is 17.3. The summed E-state index contributed by atoms with van der Waals surface area (Å²) in [6.07, 6.45) is 1.69. The molecular formula is C16H18ClN3O3S. The molecule has 1 fully saturated rings. The largest absolute Gasteiger partial charge is 0.357 e. The smallest absolute Gasteiger partial charge is 0.270 e. The highest BCUT2D eigenvalue weighted by Gasteiger charge is 2.30. The third kappa shape index (κ3) is 3.19. The molecule has 0 bridgehead atoms. The van der Waals surface area contributed by atoms with E-state index < -0.39 is 10.0 Å². The van der Waals surface area contributed by atoms with Crippen LogP contribution in [0.5, 0.6) is 0 Å². The summed E-state index contributed by atoms with van der Waals surface area (Å²) in [5.74, 6) is -0.115. The number of carbonyl (C=O) groups is 1. The van der Waals surface area contributed by atoms with Gasteiger partial charge in [-0.3, -0.25) is 4.79 Å². The van der Waals surface area contributed by atoms with E-state index in [9.17, 15) is 13.2 Å². The Bertz CT molecular complexity index is 841. The number of hydrogen-bond acceptors (Lipinski definition) is 3. The van der Waals surface area contributed by atoms with E-state index in [0.29, 0.717) is 23.8 Å². The lowest BCUT2D eigenvalue weighted by Gasteiger charge is -2.33. The van der Waals surface area contributed by atoms with Gasteiger partial charge in [0.1, 0.15) is 5.69 Å². The highest BCUT2D eigenvalue weighted by atomic mass is 35.5. The molecule has 6 nitrogen and oxygen atoms in total. The first-order valence-electron chi connectivity index (χ1n) is 7.58. The van der Waals surface area contributed by atoms with E-state index in [-0.39, 0.29) is 23.9 Å². The minimum atomic E-state index is -3.60. The van der Waals surface area contributed by atoms with Crippen molar-refractivity contribution in [3.8, 4) is 0 Å². The van der Waals surface area contributed by atoms with Crippen molar-refractivity contribution in [2.75, 3.05) is 26.2 Å². The quantitative estimate of drug-likeness (QED) is 0.903. The normalized spacial score (nSPS) is 16.3. The van der Waals surface area contributed by atoms with Crippen molar-refractivity contribution < 1.29 is 13.2 Å². The topological polar surface area (TPSA) is 73.5 Å². The van der Waals surface area contributed by atoms with Gasteiger partial charge in [-0.15, -0.1) is 0 Å². The zero-order valence-electron chi connectivity index (χ0n) is 13.2. The van der Waals surface area contributed by atoms with Crippen LogP contribution in [0.15, 0.2) is 41.4 Å². The third-order valence-corrected chi connectivity index (χ3v) is 6.44. The minimum absolute atomic E-state index is 0.115. The molecule has 0 aliphatic carbocycles. The number of H-pyrrole nitrogens is 1. The first-order chi connectivity index (χ1) is 11.4. The average molecular weight is 368 g/mol. The first kappa shape index (κ1) is 17.0. The molecule has 128 valence electrons. The third-order valence-electron chi connectivity index (χ3n) is 4.14. The summed E-state index contributed by atoms with van der Waals surface area (Å²) in [6.45, 7) is 3.07. The lowest BCUT2D eigenvalue weighted by Crippen LogP contribution is -2.50. The first-order valence-corrected chi connectivity index (χ1v) is 9.40. The van der Waals surface area contributed by atoms with E-state index in [1.54, 1.807) is 35.4 Å². The number of benzene rings is 1. The Kier molecular flexibility index (Phi) is 4.67. The number of amides is 1. The number of piperazine rings is 1. The van der Waals surface area contributed by atoms with E-state index >= 15 is 0 Å². The Balaban J connectivity index is 1.71. The molecule has 0 spiro atoms. The second-order valence-corrected chi connectivity index (χ2v) is 8.04. The number of carbonyl (C=O) groups excluding carboxylic acids is 1. The lowest BCUT2D eigenvalue weighted by molar-refractivity contribution is 0.0692. The lowest BCUT2D eigenvalue weighted by atomic mass is 10.2. The summed E-state index contributed by atoms with van der Waals surface area (Å²) in [6, 6.07) is 8.20. The number of aromatic nitrogens is 1. The molecular weight excluding hydrogens is 350 g/mol. The van der Waals surface area contributed by atoms with E-state index in [0.717, 1.165) is 5.56 Å². The summed E-state index contributed by atoms with van der Waals surface area (Å²) >= 11 is 6.04. The zero-order valence-corrected chi connectivity index (χ0v) is 14.8. The molecule has 2 aromatic rings. The predicted octanol–water partition coefficient (Wildman–Crippen LogP) is 2.12. The Morgan fingerprint density at radius 1 is 1.17 bits per heavy atom. The van der Waals surface area contributed by atoms with Crippen LogP contribution in [0.25, 0.3) is 0 Å². The molecule has 2 heterocycles. The molecule has 1 saturated heterocycles. The second kappa shape index (κ2) is 6.58. The fraction of sp³-hybridized carbons (Fsp3) is 0.312. The fourth-order valence-electron chi connectivity index (χ4n) is 2.65. The van der Waals surface area contributed by atoms with E-state index in [1.807, 2.05) is 6.92 Å². The van der Waals surface area contributed by atoms with Gasteiger partial charge in [-0.2, -0.15) is 4.31 Å². The van der Waals surface area contributed by atoms with Crippen molar-refractivity contribution in [2.24, 2.45) is 0 Å². The molecule has 1 aliphatic rings. The number of sulfonamides is 1. The van der Waals surface area contributed by atoms with Crippen molar-refractivity contribution >= 4 is 27.5 Å². The van der Waals surface area contributed by atoms with Crippen molar-refractivity contribution in [1.29, 1.82) is 0 Å². The van der Waals surface area contributed by atoms with Gasteiger partial charge in [0.2, 0.25) is 10.0 Å². The predicted molar refractivity (Wildman–Crippen MR) is 91.6 cm³/mol. The van der Waals surface area contributed by atoms with Crippen LogP contribution in [0.4, 0.5) is 0 Å². The second-order valence-electron chi connectivity index (χ2n) is 5.69. The number of aryl methyl sites for hydroxylation is 1. The molecule has 0 radical (unpaired) electrons. The molecule has 1 aliphatic heterocycles. The molecule has 0 saturated carbocycles. The Hall–Kier alpha value is -1.83. The monoisotopic (exact) mass is 367 g/mol. The van der Waals surface area contributed by atoms with Gasteiger partial charge < -0.3 is 9.88 Å². The van der Waals surface area contributed by atoms with Gasteiger partial charge in [-0.05, 0) is 36.8 Å². The highest BCUT2D eigenvalue weighted by molar-refractivity contribution is 7.89. The number of nitrogens with one attached hydrogen (secondary N) is 1. The van der Waals surface area contributed by atoms with Gasteiger partial charge in [0.05, 0.1) is 4.90 Å². The van der Waals surface area contributed by atoms with Crippen molar-refractivity contribution in [3.63, 3.8) is 0 Å². The summed E-state index contributed by atoms with van der Waals surface area (Å²) in [7, 11) is -3.60. The van der Waals surface area contributed by atoms with Crippen LogP contribution in [-0.2, 0) is 10.0 Å². The number of aromatic amines is 1. The van der Waals surface area contributed by atoms with Gasteiger partial charge in [0, 0.05) is 37.4 Å². The molecule has 0 atom stereocenters. The number of rotatable bonds is 3. The van der Waals surface area contributed by atoms with Crippen LogP contribution in [0.1, 0.15) is 16.1 Å². The summed E-state index contributed by atoms with van der Waals surface area (Å²) in [5.41, 5.74) is 1.34. The maximum atomic E-state index is 12.7. The molecule has 1 aromatic carbocycles. The van der Waals surface area contributed by atoms with Crippen LogP contribution < -0.4 is 0 Å². The maximum absolute atomic E-state index is 12.7. The SMILES string of the molecule is Cc1ccc(S(=O)(=O)N2CCN(C(=O)c3ccc[nH]3)CC2)cc1Cl. The van der Waals surface area contributed by atoms with Gasteiger partial charge in [-0.1, -0.05) is 17.7 Å². The van der Waals surface area contributed by atoms with Crippen LogP contribution >= 0.6 is 11.6 Å².